The summed E-state index contributed by atoms with van der Waals surface area (Å²) in [4.78, 5) is 171. The molecule has 0 spiro atoms. The maximum absolute atomic E-state index is 16.1. The van der Waals surface area contributed by atoms with E-state index in [2.05, 4.69) is 42.5 Å². The summed E-state index contributed by atoms with van der Waals surface area (Å²) in [6.07, 6.45) is 21.4. The van der Waals surface area contributed by atoms with E-state index in [-0.39, 0.29) is 62.7 Å². The Balaban J connectivity index is 0.00000140. The molecule has 16 saturated carbocycles. The molecule has 2 aromatic carbocycles. The van der Waals surface area contributed by atoms with Crippen LogP contribution in [0.2, 0.25) is 0 Å². The highest BCUT2D eigenvalue weighted by atomic mass is 19.4. The van der Waals surface area contributed by atoms with E-state index in [1.807, 2.05) is 60.7 Å². The number of hydrogen-bond donors (Lipinski definition) is 11. The molecule has 10 atom stereocenters. The lowest BCUT2D eigenvalue weighted by atomic mass is 9.47. The van der Waals surface area contributed by atoms with Crippen molar-refractivity contribution >= 4 is 65.0 Å². The predicted octanol–water partition coefficient (Wildman–Crippen LogP) is 8.10. The molecule has 0 aromatic heterocycles. The number of nitrogens with two attached hydrogens (primary N) is 2. The molecule has 638 valence electrons. The van der Waals surface area contributed by atoms with Crippen molar-refractivity contribution in [2.75, 3.05) is 26.2 Å². The van der Waals surface area contributed by atoms with Gasteiger partial charge in [0, 0.05) is 36.8 Å². The second kappa shape index (κ2) is 34.1. The number of carboxylic acids is 1. The van der Waals surface area contributed by atoms with Gasteiger partial charge in [0.15, 0.2) is 0 Å². The summed E-state index contributed by atoms with van der Waals surface area (Å²) in [6, 6.07) is 7.77. The average molecular weight is 1620 g/mol. The maximum Gasteiger partial charge on any atom is 0.490 e. The Morgan fingerprint density at radius 2 is 0.641 bits per heavy atom. The molecule has 19 fully saturated rings. The minimum atomic E-state index is -5.08. The quantitative estimate of drug-likeness (QED) is 0.0756. The molecule has 10 amide bonds. The molecule has 27 heteroatoms. The number of alkyl halides is 3. The third-order valence-electron chi connectivity index (χ3n) is 31.7. The Hall–Kier alpha value is -7.68. The lowest BCUT2D eigenvalue weighted by Gasteiger charge is -2.59. The number of halogens is 3. The van der Waals surface area contributed by atoms with Crippen molar-refractivity contribution in [1.82, 2.24) is 52.3 Å². The molecule has 3 heterocycles. The molecular formula is C90H125F3N12O12. The van der Waals surface area contributed by atoms with Crippen molar-refractivity contribution in [2.45, 2.75) is 298 Å². The molecule has 16 aliphatic carbocycles. The Kier molecular flexibility index (Phi) is 24.2. The zero-order valence-corrected chi connectivity index (χ0v) is 67.9. The third kappa shape index (κ3) is 18.1. The smallest absolute Gasteiger partial charge is 0.475 e. The Morgan fingerprint density at radius 3 is 0.923 bits per heavy atom. The molecule has 3 aliphatic heterocycles. The fourth-order valence-electron chi connectivity index (χ4n) is 28.8. The van der Waals surface area contributed by atoms with Gasteiger partial charge in [-0.3, -0.25) is 47.9 Å². The van der Waals surface area contributed by atoms with E-state index in [0.29, 0.717) is 122 Å². The molecule has 19 aliphatic rings. The first-order valence-corrected chi connectivity index (χ1v) is 44.9. The number of fused-ring (bicyclic) bond motifs is 2. The van der Waals surface area contributed by atoms with Crippen molar-refractivity contribution in [2.24, 2.45) is 104 Å². The van der Waals surface area contributed by atoms with Gasteiger partial charge >= 0.3 is 12.1 Å². The average Bonchev–Trinajstić information content (AvgIpc) is 1.06. The van der Waals surface area contributed by atoms with Crippen molar-refractivity contribution in [3.63, 3.8) is 0 Å². The molecule has 2 unspecified atom stereocenters. The largest absolute Gasteiger partial charge is 0.490 e. The molecule has 24 nitrogen and oxygen atoms in total. The van der Waals surface area contributed by atoms with Crippen molar-refractivity contribution in [1.29, 1.82) is 0 Å². The van der Waals surface area contributed by atoms with Crippen LogP contribution in [0.4, 0.5) is 13.2 Å². The number of carbonyl (C=O) groups is 11. The van der Waals surface area contributed by atoms with Gasteiger partial charge in [0.25, 0.3) is 0 Å². The van der Waals surface area contributed by atoms with Crippen LogP contribution in [-0.4, -0.2) is 173 Å². The van der Waals surface area contributed by atoms with Crippen LogP contribution in [0.1, 0.15) is 229 Å². The lowest BCUT2D eigenvalue weighted by molar-refractivity contribution is -0.192. The summed E-state index contributed by atoms with van der Waals surface area (Å²) in [5.74, 6) is -2.58. The van der Waals surface area contributed by atoms with Gasteiger partial charge in [0.05, 0.1) is 0 Å². The molecule has 0 radical (unpaired) electrons. The third-order valence-corrected chi connectivity index (χ3v) is 31.7. The first-order chi connectivity index (χ1) is 56.1. The molecule has 21 rings (SSSR count). The van der Waals surface area contributed by atoms with Crippen LogP contribution in [0.15, 0.2) is 60.7 Å². The number of carbonyl (C=O) groups excluding carboxylic acids is 10. The summed E-state index contributed by atoms with van der Waals surface area (Å²) in [7, 11) is 0. The van der Waals surface area contributed by atoms with Crippen LogP contribution in [0.25, 0.3) is 0 Å². The number of carboxylic acid groups (broad SMARTS) is 1. The Morgan fingerprint density at radius 1 is 0.376 bits per heavy atom. The zero-order chi connectivity index (χ0) is 81.9. The number of amides is 10. The number of hydrogen-bond acceptors (Lipinski definition) is 13. The summed E-state index contributed by atoms with van der Waals surface area (Å²) >= 11 is 0. The molecular weight excluding hydrogens is 1500 g/mol. The SMILES string of the molecule is NCCC[C@@H]1NC(=O)C(C23CC4CC(CC(C4)C2)C3)NC(=O)[C@@H]2CCCN2C(=O)[C@@H](Cc2ccccc2)NC(=O)[C@H](CC23CC4CC(CC(C4)C2)C3)NC(=O)[C@H](CCCN)NC(=O)C(C23CC4CC(CC(C4)C2)C3)NC(=O)[C@@H]2CCCN2C(=O)[C@@H](Cc2ccccc2)NC(=O)[C@H](CC23CC4CC(CC(C4)C2)C3)NC1=O.O=C(O)C(F)(F)F. The second-order valence-electron chi connectivity index (χ2n) is 40.5. The van der Waals surface area contributed by atoms with E-state index < -0.39 is 142 Å². The number of benzene rings is 2. The van der Waals surface area contributed by atoms with Crippen LogP contribution >= 0.6 is 0 Å². The first kappa shape index (κ1) is 83.0. The van der Waals surface area contributed by atoms with Crippen molar-refractivity contribution in [3.8, 4) is 0 Å². The molecule has 117 heavy (non-hydrogen) atoms. The van der Waals surface area contributed by atoms with Crippen LogP contribution in [0.3, 0.4) is 0 Å². The summed E-state index contributed by atoms with van der Waals surface area (Å²) in [5, 5.41) is 33.3. The van der Waals surface area contributed by atoms with E-state index >= 15 is 47.9 Å². The number of rotatable bonds is 16. The maximum atomic E-state index is 16.1. The summed E-state index contributed by atoms with van der Waals surface area (Å²) in [6.45, 7) is 0.856. The van der Waals surface area contributed by atoms with Gasteiger partial charge in [-0.25, -0.2) is 4.79 Å². The minimum absolute atomic E-state index is 0.0809. The fraction of sp³-hybridized carbons (Fsp3) is 0.744. The highest BCUT2D eigenvalue weighted by Crippen LogP contribution is 2.65. The lowest BCUT2D eigenvalue weighted by Crippen LogP contribution is -2.66. The van der Waals surface area contributed by atoms with Gasteiger partial charge in [0.1, 0.15) is 60.4 Å². The minimum Gasteiger partial charge on any atom is -0.475 e. The molecule has 16 bridgehead atoms. The molecule has 2 aromatic rings. The van der Waals surface area contributed by atoms with E-state index in [0.717, 1.165) is 165 Å². The molecule has 3 saturated heterocycles. The highest BCUT2D eigenvalue weighted by Gasteiger charge is 2.61. The number of nitrogens with zero attached hydrogens (tertiary/aromatic N) is 2. The van der Waals surface area contributed by atoms with Gasteiger partial charge in [-0.05, 0) is 324 Å². The summed E-state index contributed by atoms with van der Waals surface area (Å²) < 4.78 is 31.7. The Bertz CT molecular complexity index is 3670. The van der Waals surface area contributed by atoms with Gasteiger partial charge in [0.2, 0.25) is 59.1 Å². The van der Waals surface area contributed by atoms with Crippen LogP contribution in [0.5, 0.6) is 0 Å². The monoisotopic (exact) mass is 1620 g/mol. The van der Waals surface area contributed by atoms with Gasteiger partial charge in [-0.1, -0.05) is 60.7 Å². The molecule has 13 N–H and O–H groups in total. The van der Waals surface area contributed by atoms with Crippen LogP contribution in [0, 0.1) is 92.7 Å². The standard InChI is InChI=1S/C88H124N12O10.C2HF3O2/c89-19-7-15-65-75(101)95-69(49-85-37-53-23-54(38-85)25-55(24-53)39-85)77(103)93-67(35-51-11-3-1-4-12-51)83(109)99-21-9-17-71(99)79(105)97-73(87-43-59-29-60(44-87)31-61(30-59)45-87)81(107)92-66(16-8-20-90)76(102)96-70(50-86-40-56-26-57(41-86)28-58(27-56)42-86)78(104)94-68(36-52-13-5-2-6-14-52)84(110)100-22-10-18-72(100)80(106)98-74(82(108)91-65)88-46-62-32-63(47-88)34-64(33-62)48-88;3-2(4,5)1(6)7/h1-6,11-14,53-74H,7-10,15-50,89-90H2,(H,91,108)(H,92,107)(H,93,103)(H,94,104)(H,95,101)(H,96,102)(H,97,105)(H,98,106);(H,6,7)/t53?,54?,55?,56?,57?,58?,59?,60?,61?,62?,63?,64?,65-,66-,67+,68+,69-,70-,71-,72-,73?,74?,85?,86?,87?,88?;/m0./s1. The van der Waals surface area contributed by atoms with Crippen LogP contribution in [-0.2, 0) is 65.6 Å². The van der Waals surface area contributed by atoms with E-state index in [4.69, 9.17) is 21.4 Å². The number of nitrogens with one attached hydrogen (secondary N) is 8. The van der Waals surface area contributed by atoms with E-state index in [1.165, 1.54) is 0 Å². The van der Waals surface area contributed by atoms with Gasteiger partial charge in [-0.15, -0.1) is 0 Å². The second-order valence-corrected chi connectivity index (χ2v) is 40.5. The predicted molar refractivity (Wildman–Crippen MR) is 427 cm³/mol. The normalized spacial score (nSPS) is 40.7. The topological polar surface area (TPSA) is 363 Å². The number of aliphatic carboxylic acids is 1. The summed E-state index contributed by atoms with van der Waals surface area (Å²) in [5.41, 5.74) is 12.4. The van der Waals surface area contributed by atoms with Crippen molar-refractivity contribution in [3.05, 3.63) is 71.8 Å². The Labute approximate surface area is 685 Å². The van der Waals surface area contributed by atoms with Gasteiger partial charge in [-0.2, -0.15) is 13.2 Å². The highest BCUT2D eigenvalue weighted by molar-refractivity contribution is 6.00. The van der Waals surface area contributed by atoms with Gasteiger partial charge < -0.3 is 68.9 Å². The fourth-order valence-corrected chi connectivity index (χ4v) is 28.8. The zero-order valence-electron chi connectivity index (χ0n) is 67.9. The van der Waals surface area contributed by atoms with Crippen LogP contribution < -0.4 is 54.0 Å². The first-order valence-electron chi connectivity index (χ1n) is 44.9. The van der Waals surface area contributed by atoms with E-state index in [1.54, 1.807) is 9.80 Å². The van der Waals surface area contributed by atoms with Crippen molar-refractivity contribution < 1.29 is 71.0 Å². The van der Waals surface area contributed by atoms with E-state index in [9.17, 15) is 13.2 Å².